The molecular weight excluding hydrogens is 362 g/mol. The van der Waals surface area contributed by atoms with Crippen LogP contribution in [-0.2, 0) is 16.0 Å². The third-order valence-electron chi connectivity index (χ3n) is 6.17. The first-order valence-electron chi connectivity index (χ1n) is 10.8. The molecule has 2 aromatic rings. The standard InChI is InChI=1S/C24H29N3O2/c1-2-12-26-13-14-27(23(28)19-7-4-8-19)22(24(26)29)16-18-6-3-9-20(15-18)21-10-5-11-25-17-21/h3,5-6,9-11,15,17,19,22H,2,4,7-8,12-14,16H2,1H3/t22-/m1/s1. The molecule has 5 nitrogen and oxygen atoms in total. The summed E-state index contributed by atoms with van der Waals surface area (Å²) in [6.07, 6.45) is 8.16. The van der Waals surface area contributed by atoms with E-state index in [0.29, 0.717) is 19.5 Å². The van der Waals surface area contributed by atoms with Crippen LogP contribution in [0.1, 0.15) is 38.2 Å². The molecule has 152 valence electrons. The van der Waals surface area contributed by atoms with Gasteiger partial charge in [-0.2, -0.15) is 0 Å². The van der Waals surface area contributed by atoms with Crippen LogP contribution in [-0.4, -0.2) is 52.3 Å². The first-order chi connectivity index (χ1) is 14.2. The summed E-state index contributed by atoms with van der Waals surface area (Å²) in [6.45, 7) is 4.15. The number of carbonyl (C=O) groups excluding carboxylic acids is 2. The van der Waals surface area contributed by atoms with Crippen molar-refractivity contribution in [1.82, 2.24) is 14.8 Å². The average Bonchev–Trinajstić information content (AvgIpc) is 2.71. The van der Waals surface area contributed by atoms with Gasteiger partial charge in [0.25, 0.3) is 0 Å². The monoisotopic (exact) mass is 391 g/mol. The first kappa shape index (κ1) is 19.6. The number of hydrogen-bond acceptors (Lipinski definition) is 3. The van der Waals surface area contributed by atoms with E-state index in [9.17, 15) is 9.59 Å². The highest BCUT2D eigenvalue weighted by atomic mass is 16.2. The minimum absolute atomic E-state index is 0.0950. The maximum Gasteiger partial charge on any atom is 0.245 e. The van der Waals surface area contributed by atoms with Gasteiger partial charge >= 0.3 is 0 Å². The Balaban J connectivity index is 1.58. The number of rotatable bonds is 6. The molecule has 2 fully saturated rings. The van der Waals surface area contributed by atoms with Gasteiger partial charge in [0.2, 0.25) is 11.8 Å². The van der Waals surface area contributed by atoms with Gasteiger partial charge in [-0.25, -0.2) is 0 Å². The van der Waals surface area contributed by atoms with E-state index in [-0.39, 0.29) is 17.7 Å². The number of pyridine rings is 1. The van der Waals surface area contributed by atoms with E-state index in [0.717, 1.165) is 48.9 Å². The second-order valence-corrected chi connectivity index (χ2v) is 8.15. The van der Waals surface area contributed by atoms with E-state index in [1.54, 1.807) is 6.20 Å². The second kappa shape index (κ2) is 8.76. The van der Waals surface area contributed by atoms with Crippen LogP contribution in [0.15, 0.2) is 48.8 Å². The number of aromatic nitrogens is 1. The lowest BCUT2D eigenvalue weighted by Crippen LogP contribution is -2.60. The normalized spacial score (nSPS) is 19.9. The topological polar surface area (TPSA) is 53.5 Å². The van der Waals surface area contributed by atoms with Gasteiger partial charge < -0.3 is 9.80 Å². The van der Waals surface area contributed by atoms with Gasteiger partial charge in [-0.3, -0.25) is 14.6 Å². The molecule has 1 aromatic heterocycles. The molecule has 0 bridgehead atoms. The van der Waals surface area contributed by atoms with Crippen LogP contribution in [0.3, 0.4) is 0 Å². The van der Waals surface area contributed by atoms with Gasteiger partial charge in [-0.1, -0.05) is 43.7 Å². The van der Waals surface area contributed by atoms with E-state index in [1.807, 2.05) is 34.2 Å². The quantitative estimate of drug-likeness (QED) is 0.757. The van der Waals surface area contributed by atoms with Crippen LogP contribution in [0, 0.1) is 5.92 Å². The van der Waals surface area contributed by atoms with Crippen molar-refractivity contribution in [1.29, 1.82) is 0 Å². The van der Waals surface area contributed by atoms with Crippen LogP contribution in [0.5, 0.6) is 0 Å². The van der Waals surface area contributed by atoms with Gasteiger partial charge in [0.1, 0.15) is 6.04 Å². The number of nitrogens with zero attached hydrogens (tertiary/aromatic N) is 3. The van der Waals surface area contributed by atoms with E-state index < -0.39 is 6.04 Å². The Labute approximate surface area is 172 Å². The summed E-state index contributed by atoms with van der Waals surface area (Å²) in [5.74, 6) is 0.386. The highest BCUT2D eigenvalue weighted by molar-refractivity contribution is 5.90. The predicted molar refractivity (Wildman–Crippen MR) is 113 cm³/mol. The molecule has 0 spiro atoms. The van der Waals surface area contributed by atoms with Crippen molar-refractivity contribution < 1.29 is 9.59 Å². The van der Waals surface area contributed by atoms with Crippen LogP contribution in [0.2, 0.25) is 0 Å². The zero-order chi connectivity index (χ0) is 20.2. The Hall–Kier alpha value is -2.69. The molecule has 2 aliphatic rings. The molecule has 1 saturated heterocycles. The van der Waals surface area contributed by atoms with Crippen LogP contribution < -0.4 is 0 Å². The molecule has 0 N–H and O–H groups in total. The Morgan fingerprint density at radius 1 is 1.14 bits per heavy atom. The minimum Gasteiger partial charge on any atom is -0.339 e. The molecule has 1 aliphatic heterocycles. The number of carbonyl (C=O) groups is 2. The molecule has 1 aliphatic carbocycles. The lowest BCUT2D eigenvalue weighted by atomic mass is 9.83. The first-order valence-corrected chi connectivity index (χ1v) is 10.8. The number of amides is 2. The van der Waals surface area contributed by atoms with Crippen molar-refractivity contribution in [2.75, 3.05) is 19.6 Å². The summed E-state index contributed by atoms with van der Waals surface area (Å²) in [4.78, 5) is 34.3. The zero-order valence-corrected chi connectivity index (χ0v) is 17.1. The third kappa shape index (κ3) is 4.19. The van der Waals surface area contributed by atoms with Crippen LogP contribution in [0.25, 0.3) is 11.1 Å². The zero-order valence-electron chi connectivity index (χ0n) is 17.1. The van der Waals surface area contributed by atoms with Crippen molar-refractivity contribution in [3.63, 3.8) is 0 Å². The number of hydrogen-bond donors (Lipinski definition) is 0. The van der Waals surface area contributed by atoms with Crippen LogP contribution in [0.4, 0.5) is 0 Å². The molecule has 1 aromatic carbocycles. The Kier molecular flexibility index (Phi) is 5.93. The van der Waals surface area contributed by atoms with Gasteiger partial charge in [-0.05, 0) is 42.0 Å². The maximum absolute atomic E-state index is 13.2. The Morgan fingerprint density at radius 3 is 2.66 bits per heavy atom. The van der Waals surface area contributed by atoms with Crippen molar-refractivity contribution in [2.24, 2.45) is 5.92 Å². The van der Waals surface area contributed by atoms with Gasteiger partial charge in [0.15, 0.2) is 0 Å². The molecule has 1 atom stereocenters. The van der Waals surface area contributed by atoms with Crippen molar-refractivity contribution in [3.05, 3.63) is 54.4 Å². The third-order valence-corrected chi connectivity index (χ3v) is 6.17. The van der Waals surface area contributed by atoms with E-state index in [1.165, 1.54) is 0 Å². The molecule has 2 amide bonds. The van der Waals surface area contributed by atoms with Gasteiger partial charge in [0.05, 0.1) is 0 Å². The Bertz CT molecular complexity index is 863. The molecule has 0 radical (unpaired) electrons. The summed E-state index contributed by atoms with van der Waals surface area (Å²) in [6, 6.07) is 11.8. The second-order valence-electron chi connectivity index (χ2n) is 8.15. The summed E-state index contributed by atoms with van der Waals surface area (Å²) in [5, 5.41) is 0. The van der Waals surface area contributed by atoms with E-state index in [2.05, 4.69) is 30.1 Å². The van der Waals surface area contributed by atoms with Crippen molar-refractivity contribution in [3.8, 4) is 11.1 Å². The molecule has 4 rings (SSSR count). The molecule has 29 heavy (non-hydrogen) atoms. The van der Waals surface area contributed by atoms with Gasteiger partial charge in [-0.15, -0.1) is 0 Å². The lowest BCUT2D eigenvalue weighted by Gasteiger charge is -2.43. The van der Waals surface area contributed by atoms with Crippen molar-refractivity contribution >= 4 is 11.8 Å². The van der Waals surface area contributed by atoms with Crippen LogP contribution >= 0.6 is 0 Å². The fourth-order valence-corrected chi connectivity index (χ4v) is 4.32. The fraction of sp³-hybridized carbons (Fsp3) is 0.458. The molecule has 5 heteroatoms. The summed E-state index contributed by atoms with van der Waals surface area (Å²) in [7, 11) is 0. The molecular formula is C24H29N3O2. The van der Waals surface area contributed by atoms with E-state index >= 15 is 0 Å². The predicted octanol–water partition coefficient (Wildman–Crippen LogP) is 3.54. The number of benzene rings is 1. The summed E-state index contributed by atoms with van der Waals surface area (Å²) in [5.41, 5.74) is 3.22. The molecule has 0 unspecified atom stereocenters. The SMILES string of the molecule is CCCN1CCN(C(=O)C2CCC2)[C@H](Cc2cccc(-c3cccnc3)c2)C1=O. The summed E-state index contributed by atoms with van der Waals surface area (Å²) < 4.78 is 0. The largest absolute Gasteiger partial charge is 0.339 e. The van der Waals surface area contributed by atoms with Gasteiger partial charge in [0, 0.05) is 44.4 Å². The summed E-state index contributed by atoms with van der Waals surface area (Å²) >= 11 is 0. The maximum atomic E-state index is 13.2. The highest BCUT2D eigenvalue weighted by Crippen LogP contribution is 2.31. The Morgan fingerprint density at radius 2 is 1.97 bits per heavy atom. The van der Waals surface area contributed by atoms with Crippen molar-refractivity contribution in [2.45, 2.75) is 45.1 Å². The molecule has 1 saturated carbocycles. The lowest BCUT2D eigenvalue weighted by molar-refractivity contribution is -0.155. The minimum atomic E-state index is -0.396. The average molecular weight is 392 g/mol. The molecule has 2 heterocycles. The number of piperazine rings is 1. The highest BCUT2D eigenvalue weighted by Gasteiger charge is 2.40. The smallest absolute Gasteiger partial charge is 0.245 e. The fourth-order valence-electron chi connectivity index (χ4n) is 4.32. The van der Waals surface area contributed by atoms with E-state index in [4.69, 9.17) is 0 Å².